The quantitative estimate of drug-likeness (QED) is 0.188. The molecule has 0 aliphatic carbocycles. The van der Waals surface area contributed by atoms with E-state index in [1.165, 1.54) is 13.8 Å². The van der Waals surface area contributed by atoms with Crippen LogP contribution in [0.4, 0.5) is 13.2 Å². The van der Waals surface area contributed by atoms with Crippen LogP contribution in [-0.2, 0) is 6.42 Å². The van der Waals surface area contributed by atoms with Gasteiger partial charge in [-0.15, -0.1) is 0 Å². The minimum atomic E-state index is -4.28. The van der Waals surface area contributed by atoms with E-state index in [0.717, 1.165) is 72.4 Å². The standard InChI is InChI=1S/C39H31F3N6/c1-24-11-8-19-32-34(24)43-36-45(28-15-4-6-17-30(28)47(32)36)26-13-10-14-27(23-26)46-29-16-5-7-18-31(29)48-33-20-9-12-25(35(33)44-37(46)48)21-22-38(2,3)39(40,41)42/h4-20,23H,21-22H2,1-3H3. The number of aryl methyl sites for hydroxylation is 2. The number of alkyl halides is 3. The highest BCUT2D eigenvalue weighted by molar-refractivity contribution is 5.95. The van der Waals surface area contributed by atoms with Gasteiger partial charge in [-0.2, -0.15) is 13.2 Å². The zero-order valence-corrected chi connectivity index (χ0v) is 26.6. The molecule has 0 saturated heterocycles. The number of halogens is 3. The number of benzene rings is 5. The second-order valence-electron chi connectivity index (χ2n) is 13.3. The molecule has 0 unspecified atom stereocenters. The first kappa shape index (κ1) is 28.6. The van der Waals surface area contributed by atoms with E-state index < -0.39 is 11.6 Å². The highest BCUT2D eigenvalue weighted by Crippen LogP contribution is 2.42. The second kappa shape index (κ2) is 9.97. The summed E-state index contributed by atoms with van der Waals surface area (Å²) >= 11 is 0. The fourth-order valence-corrected chi connectivity index (χ4v) is 7.12. The van der Waals surface area contributed by atoms with Crippen LogP contribution in [-0.4, -0.2) is 34.1 Å². The third-order valence-corrected chi connectivity index (χ3v) is 9.88. The van der Waals surface area contributed by atoms with Gasteiger partial charge in [0.05, 0.1) is 60.9 Å². The van der Waals surface area contributed by atoms with Gasteiger partial charge in [0.1, 0.15) is 0 Å². The van der Waals surface area contributed by atoms with Crippen LogP contribution in [0.3, 0.4) is 0 Å². The van der Waals surface area contributed by atoms with Crippen LogP contribution in [0.15, 0.2) is 109 Å². The summed E-state index contributed by atoms with van der Waals surface area (Å²) in [4.78, 5) is 10.3. The zero-order valence-electron chi connectivity index (χ0n) is 26.6. The molecule has 0 aliphatic heterocycles. The fraction of sp³-hybridized carbons (Fsp3) is 0.179. The van der Waals surface area contributed by atoms with Gasteiger partial charge in [-0.25, -0.2) is 9.97 Å². The zero-order chi connectivity index (χ0) is 32.9. The molecule has 9 heteroatoms. The van der Waals surface area contributed by atoms with Gasteiger partial charge in [0.2, 0.25) is 11.6 Å². The van der Waals surface area contributed by atoms with E-state index in [1.54, 1.807) is 0 Å². The Morgan fingerprint density at radius 3 is 1.62 bits per heavy atom. The minimum absolute atomic E-state index is 0.0260. The molecular weight excluding hydrogens is 609 g/mol. The third-order valence-electron chi connectivity index (χ3n) is 9.88. The Bertz CT molecular complexity index is 2720. The van der Waals surface area contributed by atoms with Crippen molar-refractivity contribution in [2.75, 3.05) is 0 Å². The molecule has 9 rings (SSSR count). The number of nitrogens with zero attached hydrogens (tertiary/aromatic N) is 6. The summed E-state index contributed by atoms with van der Waals surface area (Å²) in [6.45, 7) is 4.61. The van der Waals surface area contributed by atoms with Gasteiger partial charge in [-0.05, 0) is 85.5 Å². The molecule has 238 valence electrons. The molecule has 6 nitrogen and oxygen atoms in total. The normalized spacial score (nSPS) is 13.0. The Morgan fingerprint density at radius 1 is 0.562 bits per heavy atom. The van der Waals surface area contributed by atoms with E-state index in [0.29, 0.717) is 5.78 Å². The van der Waals surface area contributed by atoms with Crippen molar-refractivity contribution in [1.82, 2.24) is 27.9 Å². The smallest absolute Gasteiger partial charge is 0.278 e. The summed E-state index contributed by atoms with van der Waals surface area (Å²) in [7, 11) is 0. The molecule has 0 atom stereocenters. The molecule has 9 aromatic rings. The van der Waals surface area contributed by atoms with Crippen LogP contribution in [0.2, 0.25) is 0 Å². The van der Waals surface area contributed by atoms with E-state index in [1.807, 2.05) is 48.5 Å². The predicted octanol–water partition coefficient (Wildman–Crippen LogP) is 10.0. The van der Waals surface area contributed by atoms with Crippen LogP contribution in [0, 0.1) is 12.3 Å². The lowest BCUT2D eigenvalue weighted by Gasteiger charge is -2.27. The maximum absolute atomic E-state index is 13.7. The van der Waals surface area contributed by atoms with Gasteiger partial charge in [-0.3, -0.25) is 17.9 Å². The number of imidazole rings is 4. The lowest BCUT2D eigenvalue weighted by atomic mass is 9.85. The molecule has 0 aliphatic rings. The summed E-state index contributed by atoms with van der Waals surface area (Å²) in [5.41, 5.74) is 9.68. The Balaban J connectivity index is 1.26. The van der Waals surface area contributed by atoms with Crippen LogP contribution in [0.5, 0.6) is 0 Å². The third kappa shape index (κ3) is 4.00. The van der Waals surface area contributed by atoms with Crippen LogP contribution < -0.4 is 0 Å². The topological polar surface area (TPSA) is 44.5 Å². The molecular formula is C39H31F3N6. The molecule has 0 radical (unpaired) electrons. The van der Waals surface area contributed by atoms with Gasteiger partial charge >= 0.3 is 6.18 Å². The van der Waals surface area contributed by atoms with Crippen molar-refractivity contribution >= 4 is 55.7 Å². The van der Waals surface area contributed by atoms with E-state index in [-0.39, 0.29) is 12.8 Å². The van der Waals surface area contributed by atoms with Gasteiger partial charge < -0.3 is 0 Å². The molecule has 5 aromatic carbocycles. The molecule has 0 N–H and O–H groups in total. The fourth-order valence-electron chi connectivity index (χ4n) is 7.12. The second-order valence-corrected chi connectivity index (χ2v) is 13.3. The lowest BCUT2D eigenvalue weighted by molar-refractivity contribution is -0.213. The SMILES string of the molecule is Cc1cccc2c1nc1n(-c3cccc(-n4c5ccccc5n5c6cccc(CCC(C)(C)C(F)(F)F)c6nc45)c3)c3ccccc3n21. The Hall–Kier alpha value is -5.57. The predicted molar refractivity (Wildman–Crippen MR) is 186 cm³/mol. The summed E-state index contributed by atoms with van der Waals surface area (Å²) in [5, 5.41) is 0. The van der Waals surface area contributed by atoms with Crippen molar-refractivity contribution in [2.45, 2.75) is 39.8 Å². The van der Waals surface area contributed by atoms with Gasteiger partial charge in [0.15, 0.2) is 0 Å². The molecule has 0 saturated carbocycles. The molecule has 4 heterocycles. The monoisotopic (exact) mass is 640 g/mol. The minimum Gasteiger partial charge on any atom is -0.278 e. The molecule has 0 amide bonds. The van der Waals surface area contributed by atoms with Crippen molar-refractivity contribution in [1.29, 1.82) is 0 Å². The van der Waals surface area contributed by atoms with E-state index in [9.17, 15) is 13.2 Å². The van der Waals surface area contributed by atoms with Crippen molar-refractivity contribution in [3.05, 3.63) is 120 Å². The Kier molecular flexibility index (Phi) is 5.95. The van der Waals surface area contributed by atoms with Crippen molar-refractivity contribution in [3.63, 3.8) is 0 Å². The molecule has 0 spiro atoms. The van der Waals surface area contributed by atoms with Crippen LogP contribution in [0.25, 0.3) is 67.1 Å². The van der Waals surface area contributed by atoms with Gasteiger partial charge in [-0.1, -0.05) is 68.4 Å². The highest BCUT2D eigenvalue weighted by Gasteiger charge is 2.46. The van der Waals surface area contributed by atoms with Crippen LogP contribution in [0.1, 0.15) is 31.4 Å². The van der Waals surface area contributed by atoms with Crippen molar-refractivity contribution in [3.8, 4) is 11.4 Å². The van der Waals surface area contributed by atoms with Gasteiger partial charge in [0.25, 0.3) is 0 Å². The molecule has 0 bridgehead atoms. The van der Waals surface area contributed by atoms with Crippen LogP contribution >= 0.6 is 0 Å². The highest BCUT2D eigenvalue weighted by atomic mass is 19.4. The average Bonchev–Trinajstić information content (AvgIpc) is 3.80. The molecule has 4 aromatic heterocycles. The van der Waals surface area contributed by atoms with E-state index in [4.69, 9.17) is 9.97 Å². The van der Waals surface area contributed by atoms with Crippen molar-refractivity contribution in [2.24, 2.45) is 5.41 Å². The summed E-state index contributed by atoms with van der Waals surface area (Å²) in [6.07, 6.45) is -4.04. The first-order valence-electron chi connectivity index (χ1n) is 16.1. The first-order chi connectivity index (χ1) is 23.1. The number of para-hydroxylation sites is 6. The van der Waals surface area contributed by atoms with E-state index in [2.05, 4.69) is 85.5 Å². The number of aromatic nitrogens is 6. The summed E-state index contributed by atoms with van der Waals surface area (Å²) < 4.78 is 49.9. The maximum Gasteiger partial charge on any atom is 0.393 e. The van der Waals surface area contributed by atoms with Gasteiger partial charge in [0, 0.05) is 0 Å². The summed E-state index contributed by atoms with van der Waals surface area (Å²) in [6, 6.07) is 36.9. The number of hydrogen-bond acceptors (Lipinski definition) is 2. The average molecular weight is 641 g/mol. The van der Waals surface area contributed by atoms with Crippen molar-refractivity contribution < 1.29 is 13.2 Å². The Labute approximate surface area is 273 Å². The molecule has 0 fully saturated rings. The number of rotatable bonds is 5. The Morgan fingerprint density at radius 2 is 1.04 bits per heavy atom. The lowest BCUT2D eigenvalue weighted by Crippen LogP contribution is -2.32. The first-order valence-corrected chi connectivity index (χ1v) is 16.1. The maximum atomic E-state index is 13.7. The van der Waals surface area contributed by atoms with E-state index >= 15 is 0 Å². The molecule has 48 heavy (non-hydrogen) atoms. The largest absolute Gasteiger partial charge is 0.393 e. The summed E-state index contributed by atoms with van der Waals surface area (Å²) in [5.74, 6) is 1.54. The number of hydrogen-bond donors (Lipinski definition) is 0. The number of fused-ring (bicyclic) bond motifs is 10.